The first-order valence-electron chi connectivity index (χ1n) is 8.53. The molecule has 3 nitrogen and oxygen atoms in total. The fraction of sp³-hybridized carbons (Fsp3) is 0.941. The summed E-state index contributed by atoms with van der Waals surface area (Å²) in [4.78, 5) is 12.2. The number of hydrogen-bond acceptors (Lipinski definition) is 2. The third-order valence-electron chi connectivity index (χ3n) is 5.33. The van der Waals surface area contributed by atoms with Crippen molar-refractivity contribution in [1.82, 2.24) is 5.32 Å². The zero-order valence-corrected chi connectivity index (χ0v) is 13.3. The summed E-state index contributed by atoms with van der Waals surface area (Å²) in [5.74, 6) is 1.36. The minimum Gasteiger partial charge on any atom is -0.356 e. The van der Waals surface area contributed by atoms with Crippen LogP contribution in [-0.4, -0.2) is 18.5 Å². The van der Waals surface area contributed by atoms with E-state index in [1.165, 1.54) is 38.5 Å². The second-order valence-electron chi connectivity index (χ2n) is 7.64. The van der Waals surface area contributed by atoms with Crippen LogP contribution in [0.3, 0.4) is 0 Å². The Hall–Kier alpha value is -0.570. The van der Waals surface area contributed by atoms with Gasteiger partial charge >= 0.3 is 0 Å². The Balaban J connectivity index is 1.78. The van der Waals surface area contributed by atoms with Crippen LogP contribution in [0.5, 0.6) is 0 Å². The summed E-state index contributed by atoms with van der Waals surface area (Å²) in [5.41, 5.74) is 6.43. The van der Waals surface area contributed by atoms with Gasteiger partial charge in [-0.2, -0.15) is 0 Å². The van der Waals surface area contributed by atoms with E-state index in [0.29, 0.717) is 23.7 Å². The van der Waals surface area contributed by atoms with Gasteiger partial charge in [0.2, 0.25) is 5.91 Å². The van der Waals surface area contributed by atoms with Gasteiger partial charge in [-0.3, -0.25) is 4.79 Å². The van der Waals surface area contributed by atoms with Crippen LogP contribution in [0.25, 0.3) is 0 Å². The minimum atomic E-state index is 0.224. The molecule has 2 rings (SSSR count). The van der Waals surface area contributed by atoms with E-state index >= 15 is 0 Å². The van der Waals surface area contributed by atoms with Gasteiger partial charge in [-0.1, -0.05) is 33.1 Å². The summed E-state index contributed by atoms with van der Waals surface area (Å²) in [6.45, 7) is 5.46. The average molecular weight is 280 g/mol. The Morgan fingerprint density at radius 3 is 2.50 bits per heavy atom. The van der Waals surface area contributed by atoms with Crippen molar-refractivity contribution in [2.45, 2.75) is 77.7 Å². The Morgan fingerprint density at radius 1 is 1.25 bits per heavy atom. The predicted molar refractivity (Wildman–Crippen MR) is 83.3 cm³/mol. The summed E-state index contributed by atoms with van der Waals surface area (Å²) >= 11 is 0. The molecule has 0 heterocycles. The van der Waals surface area contributed by atoms with Gasteiger partial charge in [0.25, 0.3) is 0 Å². The molecule has 2 aliphatic rings. The Kier molecular flexibility index (Phi) is 5.48. The van der Waals surface area contributed by atoms with Crippen molar-refractivity contribution < 1.29 is 4.79 Å². The molecule has 3 heteroatoms. The molecule has 2 atom stereocenters. The fourth-order valence-corrected chi connectivity index (χ4v) is 4.36. The quantitative estimate of drug-likeness (QED) is 0.785. The van der Waals surface area contributed by atoms with Crippen molar-refractivity contribution in [3.05, 3.63) is 0 Å². The van der Waals surface area contributed by atoms with Gasteiger partial charge in [0.1, 0.15) is 0 Å². The lowest BCUT2D eigenvalue weighted by Crippen LogP contribution is -2.38. The van der Waals surface area contributed by atoms with Crippen LogP contribution in [0.15, 0.2) is 0 Å². The second-order valence-corrected chi connectivity index (χ2v) is 7.64. The summed E-state index contributed by atoms with van der Waals surface area (Å²) in [7, 11) is 0. The maximum Gasteiger partial charge on any atom is 0.220 e. The van der Waals surface area contributed by atoms with E-state index < -0.39 is 0 Å². The first kappa shape index (κ1) is 15.8. The van der Waals surface area contributed by atoms with Gasteiger partial charge in [-0.25, -0.2) is 0 Å². The SMILES string of the molecule is CC(C)CC1(CNC(=O)C[C@@H]2CCC[C@H]2N)CCCC1. The maximum atomic E-state index is 12.2. The fourth-order valence-electron chi connectivity index (χ4n) is 4.36. The molecule has 0 bridgehead atoms. The number of rotatable bonds is 6. The molecule has 0 aromatic rings. The lowest BCUT2D eigenvalue weighted by atomic mass is 9.78. The molecule has 0 radical (unpaired) electrons. The molecule has 2 fully saturated rings. The number of nitrogens with one attached hydrogen (secondary N) is 1. The first-order valence-corrected chi connectivity index (χ1v) is 8.53. The molecule has 0 saturated heterocycles. The largest absolute Gasteiger partial charge is 0.356 e. The molecule has 0 aromatic heterocycles. The van der Waals surface area contributed by atoms with Gasteiger partial charge in [0.15, 0.2) is 0 Å². The van der Waals surface area contributed by atoms with Crippen molar-refractivity contribution in [2.75, 3.05) is 6.54 Å². The monoisotopic (exact) mass is 280 g/mol. The van der Waals surface area contributed by atoms with Crippen LogP contribution in [0, 0.1) is 17.3 Å². The molecule has 0 unspecified atom stereocenters. The van der Waals surface area contributed by atoms with Crippen LogP contribution in [0.1, 0.15) is 71.6 Å². The highest BCUT2D eigenvalue weighted by atomic mass is 16.1. The molecule has 2 aliphatic carbocycles. The summed E-state index contributed by atoms with van der Waals surface area (Å²) in [5, 5.41) is 3.22. The molecule has 0 aromatic carbocycles. The number of amides is 1. The van der Waals surface area contributed by atoms with Gasteiger partial charge in [-0.05, 0) is 49.4 Å². The van der Waals surface area contributed by atoms with E-state index in [-0.39, 0.29) is 11.9 Å². The topological polar surface area (TPSA) is 55.1 Å². The first-order chi connectivity index (χ1) is 9.51. The molecular formula is C17H32N2O. The summed E-state index contributed by atoms with van der Waals surface area (Å²) < 4.78 is 0. The van der Waals surface area contributed by atoms with Gasteiger partial charge in [0, 0.05) is 19.0 Å². The Labute approximate surface area is 124 Å². The third kappa shape index (κ3) is 4.21. The van der Waals surface area contributed by atoms with Crippen molar-refractivity contribution in [1.29, 1.82) is 0 Å². The molecule has 116 valence electrons. The highest BCUT2D eigenvalue weighted by Gasteiger charge is 2.35. The smallest absolute Gasteiger partial charge is 0.220 e. The Bertz CT molecular complexity index is 321. The molecule has 3 N–H and O–H groups in total. The zero-order chi connectivity index (χ0) is 14.6. The third-order valence-corrected chi connectivity index (χ3v) is 5.33. The summed E-state index contributed by atoms with van der Waals surface area (Å²) in [6, 6.07) is 0.247. The van der Waals surface area contributed by atoms with E-state index in [0.717, 1.165) is 19.4 Å². The normalized spacial score (nSPS) is 29.0. The molecular weight excluding hydrogens is 248 g/mol. The van der Waals surface area contributed by atoms with Crippen LogP contribution in [-0.2, 0) is 4.79 Å². The average Bonchev–Trinajstić information content (AvgIpc) is 2.98. The predicted octanol–water partition coefficient (Wildman–Crippen LogP) is 3.23. The van der Waals surface area contributed by atoms with Crippen molar-refractivity contribution in [3.63, 3.8) is 0 Å². The van der Waals surface area contributed by atoms with E-state index in [4.69, 9.17) is 5.73 Å². The molecule has 0 aliphatic heterocycles. The molecule has 1 amide bonds. The maximum absolute atomic E-state index is 12.2. The molecule has 0 spiro atoms. The molecule has 2 saturated carbocycles. The number of carbonyl (C=O) groups is 1. The van der Waals surface area contributed by atoms with E-state index in [2.05, 4.69) is 19.2 Å². The van der Waals surface area contributed by atoms with Gasteiger partial charge < -0.3 is 11.1 Å². The Morgan fingerprint density at radius 2 is 1.95 bits per heavy atom. The summed E-state index contributed by atoms with van der Waals surface area (Å²) in [6.07, 6.45) is 10.5. The second kappa shape index (κ2) is 6.93. The minimum absolute atomic E-state index is 0.224. The zero-order valence-electron chi connectivity index (χ0n) is 13.3. The lowest BCUT2D eigenvalue weighted by molar-refractivity contribution is -0.122. The van der Waals surface area contributed by atoms with E-state index in [1.807, 2.05) is 0 Å². The standard InChI is InChI=1S/C17H32N2O/c1-13(2)11-17(8-3-4-9-17)12-19-16(20)10-14-6-5-7-15(14)18/h13-15H,3-12,18H2,1-2H3,(H,19,20)/t14-,15+/m0/s1. The van der Waals surface area contributed by atoms with Crippen molar-refractivity contribution in [2.24, 2.45) is 23.0 Å². The van der Waals surface area contributed by atoms with Crippen molar-refractivity contribution >= 4 is 5.91 Å². The highest BCUT2D eigenvalue weighted by molar-refractivity contribution is 5.76. The molecule has 20 heavy (non-hydrogen) atoms. The van der Waals surface area contributed by atoms with Crippen LogP contribution >= 0.6 is 0 Å². The highest BCUT2D eigenvalue weighted by Crippen LogP contribution is 2.42. The number of carbonyl (C=O) groups excluding carboxylic acids is 1. The van der Waals surface area contributed by atoms with Crippen LogP contribution in [0.4, 0.5) is 0 Å². The number of hydrogen-bond donors (Lipinski definition) is 2. The van der Waals surface area contributed by atoms with E-state index in [9.17, 15) is 4.79 Å². The number of nitrogens with two attached hydrogens (primary N) is 1. The lowest BCUT2D eigenvalue weighted by Gasteiger charge is -2.31. The van der Waals surface area contributed by atoms with E-state index in [1.54, 1.807) is 0 Å². The van der Waals surface area contributed by atoms with Crippen molar-refractivity contribution in [3.8, 4) is 0 Å². The van der Waals surface area contributed by atoms with Crippen LogP contribution < -0.4 is 11.1 Å². The van der Waals surface area contributed by atoms with Crippen LogP contribution in [0.2, 0.25) is 0 Å². The van der Waals surface area contributed by atoms with Gasteiger partial charge in [0.05, 0.1) is 0 Å². The van der Waals surface area contributed by atoms with Gasteiger partial charge in [-0.15, -0.1) is 0 Å².